The van der Waals surface area contributed by atoms with E-state index in [1.165, 1.54) is 10.6 Å². The van der Waals surface area contributed by atoms with Crippen molar-refractivity contribution in [2.24, 2.45) is 0 Å². The predicted molar refractivity (Wildman–Crippen MR) is 132 cm³/mol. The van der Waals surface area contributed by atoms with Crippen LogP contribution in [0.4, 0.5) is 5.69 Å². The molecule has 33 heavy (non-hydrogen) atoms. The lowest BCUT2D eigenvalue weighted by Crippen LogP contribution is -2.48. The van der Waals surface area contributed by atoms with Gasteiger partial charge in [0.25, 0.3) is 0 Å². The zero-order valence-corrected chi connectivity index (χ0v) is 21.0. The molecule has 180 valence electrons. The van der Waals surface area contributed by atoms with Crippen LogP contribution in [0.3, 0.4) is 0 Å². The molecule has 0 heterocycles. The Morgan fingerprint density at radius 2 is 1.67 bits per heavy atom. The van der Waals surface area contributed by atoms with Crippen molar-refractivity contribution in [3.8, 4) is 0 Å². The van der Waals surface area contributed by atoms with E-state index in [4.69, 9.17) is 0 Å². The fraction of sp³-hybridized carbons (Fsp3) is 0.440. The first-order chi connectivity index (χ1) is 15.6. The predicted octanol–water partition coefficient (Wildman–Crippen LogP) is 3.40. The lowest BCUT2D eigenvalue weighted by Gasteiger charge is -2.31. The molecule has 1 unspecified atom stereocenters. The van der Waals surface area contributed by atoms with Gasteiger partial charge in [-0.15, -0.1) is 0 Å². The van der Waals surface area contributed by atoms with E-state index >= 15 is 0 Å². The van der Waals surface area contributed by atoms with Crippen LogP contribution in [0.5, 0.6) is 0 Å². The average Bonchev–Trinajstić information content (AvgIpc) is 2.75. The second kappa shape index (κ2) is 11.8. The molecule has 7 nitrogen and oxygen atoms in total. The number of likely N-dealkylation sites (N-methyl/N-ethyl adjacent to an activating group) is 1. The summed E-state index contributed by atoms with van der Waals surface area (Å²) in [6, 6.07) is 14.5. The minimum Gasteiger partial charge on any atom is -0.357 e. The number of rotatable bonds is 11. The number of hydrogen-bond acceptors (Lipinski definition) is 4. The molecule has 2 amide bonds. The number of hydrogen-bond donors (Lipinski definition) is 1. The first-order valence-corrected chi connectivity index (χ1v) is 13.0. The van der Waals surface area contributed by atoms with Crippen LogP contribution in [0.1, 0.15) is 42.9 Å². The molecule has 0 aromatic heterocycles. The van der Waals surface area contributed by atoms with E-state index < -0.39 is 16.1 Å². The maximum absolute atomic E-state index is 13.3. The molecule has 1 N–H and O–H groups in total. The van der Waals surface area contributed by atoms with E-state index in [-0.39, 0.29) is 24.8 Å². The Kier molecular flexibility index (Phi) is 9.46. The average molecular weight is 474 g/mol. The van der Waals surface area contributed by atoms with Crippen molar-refractivity contribution >= 4 is 27.5 Å². The van der Waals surface area contributed by atoms with Gasteiger partial charge in [0.05, 0.1) is 11.9 Å². The Hall–Kier alpha value is -2.87. The summed E-state index contributed by atoms with van der Waals surface area (Å²) in [5.41, 5.74) is 3.56. The van der Waals surface area contributed by atoms with Crippen LogP contribution in [0.2, 0.25) is 0 Å². The Balaban J connectivity index is 2.19. The summed E-state index contributed by atoms with van der Waals surface area (Å²) in [6.45, 7) is 6.26. The van der Waals surface area contributed by atoms with Gasteiger partial charge >= 0.3 is 0 Å². The molecule has 0 radical (unpaired) electrons. The molecule has 2 aromatic carbocycles. The van der Waals surface area contributed by atoms with Gasteiger partial charge in [-0.2, -0.15) is 0 Å². The molecular formula is C25H35N3O4S. The number of aryl methyl sites for hydroxylation is 2. The molecule has 0 saturated heterocycles. The zero-order chi connectivity index (χ0) is 24.6. The van der Waals surface area contributed by atoms with Crippen LogP contribution in [-0.4, -0.2) is 51.0 Å². The largest absolute Gasteiger partial charge is 0.357 e. The van der Waals surface area contributed by atoms with Crippen LogP contribution in [0.15, 0.2) is 48.5 Å². The maximum Gasteiger partial charge on any atom is 0.242 e. The van der Waals surface area contributed by atoms with Crippen molar-refractivity contribution in [2.75, 3.05) is 24.2 Å². The van der Waals surface area contributed by atoms with Crippen molar-refractivity contribution in [1.82, 2.24) is 10.2 Å². The van der Waals surface area contributed by atoms with E-state index in [0.717, 1.165) is 16.7 Å². The number of nitrogens with zero attached hydrogens (tertiary/aromatic N) is 2. The van der Waals surface area contributed by atoms with Gasteiger partial charge in [-0.1, -0.05) is 48.9 Å². The molecule has 0 spiro atoms. The lowest BCUT2D eigenvalue weighted by atomic mass is 10.1. The van der Waals surface area contributed by atoms with E-state index in [2.05, 4.69) is 5.32 Å². The molecule has 8 heteroatoms. The van der Waals surface area contributed by atoms with E-state index in [9.17, 15) is 18.0 Å². The number of sulfonamides is 1. The van der Waals surface area contributed by atoms with Gasteiger partial charge in [0.15, 0.2) is 0 Å². The number of carbonyl (C=O) groups is 2. The smallest absolute Gasteiger partial charge is 0.242 e. The monoisotopic (exact) mass is 473 g/mol. The van der Waals surface area contributed by atoms with Gasteiger partial charge in [-0.3, -0.25) is 13.9 Å². The van der Waals surface area contributed by atoms with Gasteiger partial charge in [-0.25, -0.2) is 8.42 Å². The Labute approximate surface area is 197 Å². The quantitative estimate of drug-likeness (QED) is 0.542. The summed E-state index contributed by atoms with van der Waals surface area (Å²) in [4.78, 5) is 27.3. The Morgan fingerprint density at radius 3 is 2.21 bits per heavy atom. The first-order valence-electron chi connectivity index (χ1n) is 11.2. The van der Waals surface area contributed by atoms with Gasteiger partial charge in [-0.05, 0) is 49.9 Å². The van der Waals surface area contributed by atoms with E-state index in [1.54, 1.807) is 18.0 Å². The number of nitrogens with one attached hydrogen (secondary N) is 1. The fourth-order valence-electron chi connectivity index (χ4n) is 3.88. The third kappa shape index (κ3) is 7.60. The van der Waals surface area contributed by atoms with Crippen molar-refractivity contribution in [1.29, 1.82) is 0 Å². The molecular weight excluding hydrogens is 438 g/mol. The van der Waals surface area contributed by atoms with Gasteiger partial charge < -0.3 is 10.2 Å². The highest BCUT2D eigenvalue weighted by atomic mass is 32.2. The molecule has 0 aliphatic heterocycles. The summed E-state index contributed by atoms with van der Waals surface area (Å²) in [5.74, 6) is -0.388. The first kappa shape index (κ1) is 26.4. The standard InChI is InChI=1S/C25H35N3O4S/c1-6-23(25(30)26-4)27(18-21-12-7-10-19(2)16-21)24(29)14-9-15-28(33(5,31)32)22-13-8-11-20(3)17-22/h7-8,10-13,16-17,23H,6,9,14-15,18H2,1-5H3,(H,26,30). The summed E-state index contributed by atoms with van der Waals surface area (Å²) in [6.07, 6.45) is 2.13. The summed E-state index contributed by atoms with van der Waals surface area (Å²) < 4.78 is 26.1. The number of carbonyl (C=O) groups excluding carboxylic acids is 2. The lowest BCUT2D eigenvalue weighted by molar-refractivity contribution is -0.141. The van der Waals surface area contributed by atoms with Crippen LogP contribution in [0, 0.1) is 13.8 Å². The number of anilines is 1. The molecule has 0 saturated carbocycles. The third-order valence-electron chi connectivity index (χ3n) is 5.51. The van der Waals surface area contributed by atoms with E-state index in [1.807, 2.05) is 63.2 Å². The van der Waals surface area contributed by atoms with Gasteiger partial charge in [0.2, 0.25) is 21.8 Å². The van der Waals surface area contributed by atoms with Gasteiger partial charge in [0, 0.05) is 26.6 Å². The molecule has 0 fully saturated rings. The number of amides is 2. The molecule has 0 aliphatic rings. The molecule has 0 aliphatic carbocycles. The normalized spacial score (nSPS) is 12.2. The molecule has 2 aromatic rings. The highest BCUT2D eigenvalue weighted by molar-refractivity contribution is 7.92. The Bertz CT molecular complexity index is 1070. The topological polar surface area (TPSA) is 86.8 Å². The SMILES string of the molecule is CCC(C(=O)NC)N(Cc1cccc(C)c1)C(=O)CCCN(c1cccc(C)c1)S(C)(=O)=O. The molecule has 1 atom stereocenters. The van der Waals surface area contributed by atoms with Crippen LogP contribution >= 0.6 is 0 Å². The third-order valence-corrected chi connectivity index (χ3v) is 6.70. The minimum absolute atomic E-state index is 0.136. The Morgan fingerprint density at radius 1 is 1.03 bits per heavy atom. The molecule has 2 rings (SSSR count). The van der Waals surface area contributed by atoms with Crippen molar-refractivity contribution < 1.29 is 18.0 Å². The summed E-state index contributed by atoms with van der Waals surface area (Å²) in [7, 11) is -1.94. The molecule has 0 bridgehead atoms. The second-order valence-corrected chi connectivity index (χ2v) is 10.2. The van der Waals surface area contributed by atoms with Crippen molar-refractivity contribution in [2.45, 2.75) is 52.6 Å². The fourth-order valence-corrected chi connectivity index (χ4v) is 4.84. The summed E-state index contributed by atoms with van der Waals surface area (Å²) >= 11 is 0. The zero-order valence-electron chi connectivity index (χ0n) is 20.2. The van der Waals surface area contributed by atoms with Gasteiger partial charge in [0.1, 0.15) is 6.04 Å². The second-order valence-electron chi connectivity index (χ2n) is 8.33. The highest BCUT2D eigenvalue weighted by Crippen LogP contribution is 2.21. The van der Waals surface area contributed by atoms with E-state index in [0.29, 0.717) is 25.1 Å². The van der Waals surface area contributed by atoms with Crippen LogP contribution in [0.25, 0.3) is 0 Å². The minimum atomic E-state index is -3.50. The maximum atomic E-state index is 13.3. The van der Waals surface area contributed by atoms with Crippen molar-refractivity contribution in [3.63, 3.8) is 0 Å². The van der Waals surface area contributed by atoms with Crippen LogP contribution < -0.4 is 9.62 Å². The van der Waals surface area contributed by atoms with Crippen molar-refractivity contribution in [3.05, 3.63) is 65.2 Å². The highest BCUT2D eigenvalue weighted by Gasteiger charge is 2.28. The number of benzene rings is 2. The summed E-state index contributed by atoms with van der Waals surface area (Å²) in [5, 5.41) is 2.65. The van der Waals surface area contributed by atoms with Crippen LogP contribution in [-0.2, 0) is 26.2 Å².